The first kappa shape index (κ1) is 27.7. The lowest BCUT2D eigenvalue weighted by Crippen LogP contribution is -2.45. The van der Waals surface area contributed by atoms with Crippen molar-refractivity contribution in [1.82, 2.24) is 10.2 Å². The van der Waals surface area contributed by atoms with Gasteiger partial charge in [-0.2, -0.15) is 0 Å². The third-order valence-electron chi connectivity index (χ3n) is 6.25. The summed E-state index contributed by atoms with van der Waals surface area (Å²) >= 11 is 6.23. The number of halogens is 1. The third kappa shape index (κ3) is 7.85. The van der Waals surface area contributed by atoms with Gasteiger partial charge in [0.15, 0.2) is 6.61 Å². The Kier molecular flexibility index (Phi) is 9.98. The molecule has 39 heavy (non-hydrogen) atoms. The van der Waals surface area contributed by atoms with E-state index in [2.05, 4.69) is 5.32 Å². The summed E-state index contributed by atoms with van der Waals surface area (Å²) in [5.74, 6) is 0.586. The Morgan fingerprint density at radius 2 is 1.46 bits per heavy atom. The molecular weight excluding hydrogens is 512 g/mol. The van der Waals surface area contributed by atoms with E-state index in [4.69, 9.17) is 21.1 Å². The Labute approximate surface area is 234 Å². The predicted molar refractivity (Wildman–Crippen MR) is 153 cm³/mol. The molecule has 1 atom stereocenters. The molecule has 0 aliphatic rings. The summed E-state index contributed by atoms with van der Waals surface area (Å²) in [5, 5.41) is 3.45. The van der Waals surface area contributed by atoms with Gasteiger partial charge in [-0.25, -0.2) is 0 Å². The smallest absolute Gasteiger partial charge is 0.261 e. The summed E-state index contributed by atoms with van der Waals surface area (Å²) in [7, 11) is 1.63. The number of carbonyl (C=O) groups is 2. The lowest BCUT2D eigenvalue weighted by atomic mass is 10.0. The van der Waals surface area contributed by atoms with Crippen LogP contribution in [0.3, 0.4) is 0 Å². The highest BCUT2D eigenvalue weighted by molar-refractivity contribution is 6.32. The van der Waals surface area contributed by atoms with Gasteiger partial charge in [-0.05, 0) is 47.4 Å². The maximum atomic E-state index is 13.7. The second kappa shape index (κ2) is 14.0. The van der Waals surface area contributed by atoms with E-state index in [1.54, 1.807) is 36.3 Å². The Hall–Kier alpha value is -4.29. The van der Waals surface area contributed by atoms with E-state index < -0.39 is 6.04 Å². The van der Waals surface area contributed by atoms with Gasteiger partial charge in [-0.1, -0.05) is 96.5 Å². The maximum Gasteiger partial charge on any atom is 0.261 e. The molecule has 4 rings (SSSR count). The van der Waals surface area contributed by atoms with Gasteiger partial charge in [0.1, 0.15) is 17.5 Å². The van der Waals surface area contributed by atoms with Gasteiger partial charge in [-0.15, -0.1) is 0 Å². The molecule has 0 saturated heterocycles. The molecule has 0 aromatic heterocycles. The van der Waals surface area contributed by atoms with Crippen LogP contribution in [0.1, 0.15) is 22.7 Å². The van der Waals surface area contributed by atoms with Gasteiger partial charge in [-0.3, -0.25) is 9.59 Å². The van der Waals surface area contributed by atoms with Gasteiger partial charge >= 0.3 is 0 Å². The fraction of sp³-hybridized carbons (Fsp3) is 0.188. The number of methoxy groups -OCH3 is 1. The summed E-state index contributed by atoms with van der Waals surface area (Å²) < 4.78 is 11.0. The van der Waals surface area contributed by atoms with Crippen LogP contribution in [-0.4, -0.2) is 37.0 Å². The largest absolute Gasteiger partial charge is 0.497 e. The first-order valence-corrected chi connectivity index (χ1v) is 13.1. The fourth-order valence-corrected chi connectivity index (χ4v) is 4.41. The van der Waals surface area contributed by atoms with Gasteiger partial charge in [0.05, 0.1) is 12.1 Å². The highest BCUT2D eigenvalue weighted by atomic mass is 35.5. The number of amides is 2. The average Bonchev–Trinajstić information content (AvgIpc) is 2.98. The molecule has 0 aliphatic heterocycles. The van der Waals surface area contributed by atoms with Crippen molar-refractivity contribution >= 4 is 23.4 Å². The van der Waals surface area contributed by atoms with Crippen molar-refractivity contribution in [2.24, 2.45) is 0 Å². The molecule has 2 amide bonds. The van der Waals surface area contributed by atoms with Crippen LogP contribution in [0.4, 0.5) is 0 Å². The van der Waals surface area contributed by atoms with E-state index >= 15 is 0 Å². The molecule has 0 aliphatic carbocycles. The topological polar surface area (TPSA) is 67.9 Å². The van der Waals surface area contributed by atoms with Crippen molar-refractivity contribution in [3.63, 3.8) is 0 Å². The molecule has 0 unspecified atom stereocenters. The Morgan fingerprint density at radius 1 is 0.821 bits per heavy atom. The van der Waals surface area contributed by atoms with Crippen LogP contribution in [0, 0.1) is 0 Å². The van der Waals surface area contributed by atoms with E-state index in [9.17, 15) is 9.59 Å². The number of carbonyl (C=O) groups excluding carboxylic acids is 2. The summed E-state index contributed by atoms with van der Waals surface area (Å²) in [5.41, 5.74) is 2.68. The lowest BCUT2D eigenvalue weighted by molar-refractivity contribution is -0.143. The van der Waals surface area contributed by atoms with Crippen LogP contribution in [0.5, 0.6) is 11.5 Å². The SMILES string of the molecule is COc1ccc(CCNC(=O)[C@@H](c2ccccc2)N(Cc2ccccc2)C(=O)COc2ccccc2Cl)cc1. The summed E-state index contributed by atoms with van der Waals surface area (Å²) in [6.07, 6.45) is 0.638. The molecule has 0 heterocycles. The normalized spacial score (nSPS) is 11.3. The van der Waals surface area contributed by atoms with Crippen LogP contribution in [-0.2, 0) is 22.6 Å². The van der Waals surface area contributed by atoms with Gasteiger partial charge in [0.2, 0.25) is 5.91 Å². The minimum Gasteiger partial charge on any atom is -0.497 e. The number of rotatable bonds is 12. The number of para-hydroxylation sites is 1. The van der Waals surface area contributed by atoms with Crippen LogP contribution in [0.15, 0.2) is 109 Å². The van der Waals surface area contributed by atoms with Crippen molar-refractivity contribution in [2.45, 2.75) is 19.0 Å². The standard InChI is InChI=1S/C32H31ClN2O4/c1-38-27-18-16-24(17-19-27)20-21-34-32(37)31(26-12-6-3-7-13-26)35(22-25-10-4-2-5-11-25)30(36)23-39-29-15-9-8-14-28(29)33/h2-19,31H,20-23H2,1H3,(H,34,37)/t31-/m1/s1. The zero-order valence-electron chi connectivity index (χ0n) is 21.8. The molecule has 200 valence electrons. The number of benzene rings is 4. The number of hydrogen-bond donors (Lipinski definition) is 1. The average molecular weight is 543 g/mol. The molecule has 0 radical (unpaired) electrons. The van der Waals surface area contributed by atoms with Gasteiger partial charge in [0.25, 0.3) is 5.91 Å². The summed E-state index contributed by atoms with van der Waals surface area (Å²) in [6, 6.07) is 32.7. The molecule has 0 fully saturated rings. The molecule has 4 aromatic rings. The number of nitrogens with one attached hydrogen (secondary N) is 1. The summed E-state index contributed by atoms with van der Waals surface area (Å²) in [6.45, 7) is 0.383. The minimum atomic E-state index is -0.857. The van der Waals surface area contributed by atoms with Crippen molar-refractivity contribution in [3.05, 3.63) is 131 Å². The lowest BCUT2D eigenvalue weighted by Gasteiger charge is -2.31. The maximum absolute atomic E-state index is 13.7. The molecule has 0 bridgehead atoms. The van der Waals surface area contributed by atoms with E-state index in [-0.39, 0.29) is 25.0 Å². The summed E-state index contributed by atoms with van der Waals surface area (Å²) in [4.78, 5) is 28.9. The predicted octanol–water partition coefficient (Wildman–Crippen LogP) is 5.86. The second-order valence-corrected chi connectivity index (χ2v) is 9.34. The quantitative estimate of drug-likeness (QED) is 0.244. The molecule has 7 heteroatoms. The molecule has 0 saturated carbocycles. The molecule has 4 aromatic carbocycles. The van der Waals surface area contributed by atoms with Crippen LogP contribution in [0.2, 0.25) is 5.02 Å². The molecule has 1 N–H and O–H groups in total. The first-order valence-electron chi connectivity index (χ1n) is 12.7. The number of ether oxygens (including phenoxy) is 2. The number of hydrogen-bond acceptors (Lipinski definition) is 4. The van der Waals surface area contributed by atoms with Crippen molar-refractivity contribution < 1.29 is 19.1 Å². The second-order valence-electron chi connectivity index (χ2n) is 8.93. The molecule has 6 nitrogen and oxygen atoms in total. The van der Waals surface area contributed by atoms with E-state index in [0.717, 1.165) is 16.9 Å². The monoisotopic (exact) mass is 542 g/mol. The zero-order valence-corrected chi connectivity index (χ0v) is 22.5. The Bertz CT molecular complexity index is 1350. The highest BCUT2D eigenvalue weighted by Crippen LogP contribution is 2.26. The van der Waals surface area contributed by atoms with Crippen molar-refractivity contribution in [3.8, 4) is 11.5 Å². The van der Waals surface area contributed by atoms with Crippen LogP contribution >= 0.6 is 11.6 Å². The van der Waals surface area contributed by atoms with Crippen molar-refractivity contribution in [2.75, 3.05) is 20.3 Å². The fourth-order valence-electron chi connectivity index (χ4n) is 4.21. The first-order chi connectivity index (χ1) is 19.0. The van der Waals surface area contributed by atoms with E-state index in [1.165, 1.54) is 0 Å². The molecular formula is C32H31ClN2O4. The van der Waals surface area contributed by atoms with E-state index in [0.29, 0.717) is 29.3 Å². The van der Waals surface area contributed by atoms with Crippen LogP contribution in [0.25, 0.3) is 0 Å². The van der Waals surface area contributed by atoms with Gasteiger partial charge in [0, 0.05) is 13.1 Å². The Balaban J connectivity index is 1.56. The third-order valence-corrected chi connectivity index (χ3v) is 6.56. The molecule has 0 spiro atoms. The van der Waals surface area contributed by atoms with E-state index in [1.807, 2.05) is 84.9 Å². The van der Waals surface area contributed by atoms with Crippen LogP contribution < -0.4 is 14.8 Å². The zero-order chi connectivity index (χ0) is 27.5. The van der Waals surface area contributed by atoms with Gasteiger partial charge < -0.3 is 19.7 Å². The van der Waals surface area contributed by atoms with Crippen molar-refractivity contribution in [1.29, 1.82) is 0 Å². The number of nitrogens with zero attached hydrogens (tertiary/aromatic N) is 1. The minimum absolute atomic E-state index is 0.233. The Morgan fingerprint density at radius 3 is 2.13 bits per heavy atom. The highest BCUT2D eigenvalue weighted by Gasteiger charge is 2.31.